The second kappa shape index (κ2) is 15.2. The predicted molar refractivity (Wildman–Crippen MR) is 182 cm³/mol. The molecule has 240 valence electrons. The van der Waals surface area contributed by atoms with E-state index in [-0.39, 0.29) is 34.0 Å². The van der Waals surface area contributed by atoms with Gasteiger partial charge in [0, 0.05) is 41.5 Å². The Morgan fingerprint density at radius 2 is 1.45 bits per heavy atom. The maximum absolute atomic E-state index is 11.8. The number of hydrogen-bond acceptors (Lipinski definition) is 7. The lowest BCUT2D eigenvalue weighted by Gasteiger charge is -2.39. The standard InChI is InChI=1S/C22H30N2O2.C15H24N2O/c1-16(2)26-21-14-19(17(3)13-20(21)23)22(25)9-11-24(12-10-22)15-18-7-5-4-6-8-18;1-10(2)18-15-9-13(11(3)8-14(15)16)12-4-6-17-7-5-12/h4-8,13-14,16,25H,9-12,15,23H2,1-3H3;8-10,12,17H,4-7,16H2,1-3H3/i9D2,10D2,11D2,12D2,16D;4D2,5D2,6D2,7D2,10D. The second-order valence-corrected chi connectivity index (χ2v) is 10.8. The van der Waals surface area contributed by atoms with Crippen molar-refractivity contribution in [3.8, 4) is 11.5 Å². The number of aryl methyl sites for hydroxylation is 2. The molecule has 2 heterocycles. The monoisotopic (exact) mass is 621 g/mol. The number of nitrogens with two attached hydrogens (primary N) is 2. The Labute approximate surface area is 290 Å². The number of rotatable bonds is 8. The summed E-state index contributed by atoms with van der Waals surface area (Å²) >= 11 is 0. The molecule has 0 unspecified atom stereocenters. The lowest BCUT2D eigenvalue weighted by Crippen LogP contribution is -2.42. The topological polar surface area (TPSA) is 106 Å². The van der Waals surface area contributed by atoms with E-state index in [0.717, 1.165) is 6.07 Å². The molecule has 3 aromatic rings. The number of nitrogens with zero attached hydrogens (tertiary/aromatic N) is 1. The Balaban J connectivity index is 0.000000282. The zero-order valence-corrected chi connectivity index (χ0v) is 25.8. The van der Waals surface area contributed by atoms with Gasteiger partial charge in [-0.05, 0) is 138 Å². The fraction of sp³-hybridized carbons (Fsp3) is 0.514. The Hall–Kier alpha value is -3.26. The number of hydrogen-bond donors (Lipinski definition) is 4. The normalized spacial score (nSPS) is 33.0. The van der Waals surface area contributed by atoms with E-state index in [4.69, 9.17) is 45.6 Å². The number of likely N-dealkylation sites (tertiary alicyclic amines) is 1. The van der Waals surface area contributed by atoms with Crippen LogP contribution in [0.2, 0.25) is 0 Å². The summed E-state index contributed by atoms with van der Waals surface area (Å²) in [7, 11) is 0. The third kappa shape index (κ3) is 8.90. The minimum atomic E-state index is -3.36. The maximum atomic E-state index is 11.8. The van der Waals surface area contributed by atoms with Crippen LogP contribution in [0.1, 0.15) is 112 Å². The molecule has 0 aliphatic carbocycles. The number of aliphatic hydroxyl groups is 1. The van der Waals surface area contributed by atoms with E-state index in [0.29, 0.717) is 16.0 Å². The van der Waals surface area contributed by atoms with Crippen LogP contribution in [-0.2, 0) is 12.1 Å². The molecule has 2 aliphatic heterocycles. The van der Waals surface area contributed by atoms with E-state index >= 15 is 0 Å². The fourth-order valence-electron chi connectivity index (χ4n) is 4.53. The number of piperidine rings is 2. The lowest BCUT2D eigenvalue weighted by molar-refractivity contribution is -0.0283. The van der Waals surface area contributed by atoms with Crippen molar-refractivity contribution < 1.29 is 39.3 Å². The number of nitrogen functional groups attached to an aromatic ring is 2. The molecule has 7 heteroatoms. The molecule has 6 N–H and O–H groups in total. The summed E-state index contributed by atoms with van der Waals surface area (Å²) in [6.07, 6.45) is -15.2. The average Bonchev–Trinajstić information content (AvgIpc) is 3.07. The van der Waals surface area contributed by atoms with Crippen LogP contribution in [0.15, 0.2) is 54.6 Å². The van der Waals surface area contributed by atoms with Crippen molar-refractivity contribution in [2.24, 2.45) is 0 Å². The second-order valence-electron chi connectivity index (χ2n) is 10.8. The van der Waals surface area contributed by atoms with Gasteiger partial charge in [-0.3, -0.25) is 4.90 Å². The summed E-state index contributed by atoms with van der Waals surface area (Å²) < 4.78 is 161. The minimum Gasteiger partial charge on any atom is -0.489 e. The zero-order chi connectivity index (χ0) is 48.0. The Morgan fingerprint density at radius 1 is 0.909 bits per heavy atom. The SMILES string of the molecule is [2H]C(C)(C)Oc1cc(C2(O)C([2H])([2H])C([2H])([2H])N(Cc3ccccc3)C([2H])([2H])C2([2H])[2H])c(C)cc1N.[2H]C(C)(C)Oc1cc(C2C([2H])([2H])C([2H])([2H])NC([2H])([2H])C2([2H])[2H])c(C)cc1N. The zero-order valence-electron chi connectivity index (χ0n) is 43.8. The van der Waals surface area contributed by atoms with Gasteiger partial charge in [0.1, 0.15) is 11.5 Å². The van der Waals surface area contributed by atoms with E-state index in [1.54, 1.807) is 37.3 Å². The summed E-state index contributed by atoms with van der Waals surface area (Å²) in [5.41, 5.74) is 9.32. The van der Waals surface area contributed by atoms with Gasteiger partial charge in [0.25, 0.3) is 0 Å². The van der Waals surface area contributed by atoms with Gasteiger partial charge in [-0.25, -0.2) is 0 Å². The molecule has 0 saturated carbocycles. The van der Waals surface area contributed by atoms with Crippen LogP contribution >= 0.6 is 0 Å². The molecule has 0 amide bonds. The fourth-order valence-corrected chi connectivity index (χ4v) is 4.53. The minimum absolute atomic E-state index is 0.0295. The molecule has 2 saturated heterocycles. The summed E-state index contributed by atoms with van der Waals surface area (Å²) in [5, 5.41) is 13.7. The molecular weight excluding hydrogens is 548 g/mol. The third-order valence-electron chi connectivity index (χ3n) is 6.57. The smallest absolute Gasteiger partial charge is 0.142 e. The summed E-state index contributed by atoms with van der Waals surface area (Å²) in [6, 6.07) is 13.3. The molecule has 44 heavy (non-hydrogen) atoms. The largest absolute Gasteiger partial charge is 0.489 e. The lowest BCUT2D eigenvalue weighted by atomic mass is 9.81. The van der Waals surface area contributed by atoms with Crippen molar-refractivity contribution in [2.75, 3.05) is 37.5 Å². The van der Waals surface area contributed by atoms with E-state index in [9.17, 15) is 5.11 Å². The number of anilines is 2. The van der Waals surface area contributed by atoms with E-state index in [1.165, 1.54) is 52.8 Å². The highest BCUT2D eigenvalue weighted by molar-refractivity contribution is 5.58. The van der Waals surface area contributed by atoms with E-state index in [2.05, 4.69) is 0 Å². The molecule has 5 rings (SSSR count). The molecule has 0 bridgehead atoms. The van der Waals surface area contributed by atoms with Crippen LogP contribution in [0, 0.1) is 13.8 Å². The quantitative estimate of drug-likeness (QED) is 0.208. The van der Waals surface area contributed by atoms with Crippen molar-refractivity contribution in [3.05, 3.63) is 82.4 Å². The first-order valence-electron chi connectivity index (χ1n) is 23.1. The van der Waals surface area contributed by atoms with Gasteiger partial charge in [-0.2, -0.15) is 0 Å². The highest BCUT2D eigenvalue weighted by Gasteiger charge is 2.35. The van der Waals surface area contributed by atoms with Crippen LogP contribution < -0.4 is 26.3 Å². The first-order valence-corrected chi connectivity index (χ1v) is 14.1. The van der Waals surface area contributed by atoms with Gasteiger partial charge in [-0.15, -0.1) is 0 Å². The van der Waals surface area contributed by atoms with Crippen molar-refractivity contribution in [1.82, 2.24) is 10.2 Å². The first kappa shape index (κ1) is 16.9. The summed E-state index contributed by atoms with van der Waals surface area (Å²) in [4.78, 5) is 0.473. The molecule has 0 spiro atoms. The molecule has 2 aliphatic rings. The molecule has 0 atom stereocenters. The Kier molecular flexibility index (Phi) is 5.81. The average molecular weight is 621 g/mol. The Morgan fingerprint density at radius 3 is 2.02 bits per heavy atom. The van der Waals surface area contributed by atoms with Gasteiger partial charge >= 0.3 is 0 Å². The van der Waals surface area contributed by atoms with Crippen LogP contribution in [0.25, 0.3) is 0 Å². The van der Waals surface area contributed by atoms with Crippen molar-refractivity contribution in [1.29, 1.82) is 0 Å². The molecule has 3 aromatic carbocycles. The van der Waals surface area contributed by atoms with E-state index < -0.39 is 87.3 Å². The van der Waals surface area contributed by atoms with Gasteiger partial charge in [0.2, 0.25) is 0 Å². The van der Waals surface area contributed by atoms with Crippen LogP contribution in [-0.4, -0.2) is 48.2 Å². The molecule has 0 radical (unpaired) electrons. The van der Waals surface area contributed by atoms with Crippen molar-refractivity contribution in [2.45, 2.75) is 97.3 Å². The van der Waals surface area contributed by atoms with Crippen LogP contribution in [0.5, 0.6) is 11.5 Å². The van der Waals surface area contributed by atoms with E-state index in [1.807, 2.05) is 5.32 Å². The maximum Gasteiger partial charge on any atom is 0.142 e. The Bertz CT molecular complexity index is 2090. The first-order chi connectivity index (χ1) is 27.5. The van der Waals surface area contributed by atoms with Crippen molar-refractivity contribution in [3.63, 3.8) is 0 Å². The highest BCUT2D eigenvalue weighted by Crippen LogP contribution is 2.39. The van der Waals surface area contributed by atoms with Gasteiger partial charge in [0.15, 0.2) is 0 Å². The van der Waals surface area contributed by atoms with Crippen LogP contribution in [0.4, 0.5) is 11.4 Å². The molecule has 2 fully saturated rings. The van der Waals surface area contributed by atoms with Crippen LogP contribution in [0.3, 0.4) is 0 Å². The number of benzene rings is 3. The highest BCUT2D eigenvalue weighted by atomic mass is 16.5. The third-order valence-corrected chi connectivity index (χ3v) is 6.57. The molecule has 0 aromatic heterocycles. The van der Waals surface area contributed by atoms with Gasteiger partial charge < -0.3 is 31.4 Å². The summed E-state index contributed by atoms with van der Waals surface area (Å²) in [6.45, 7) is -3.72. The summed E-state index contributed by atoms with van der Waals surface area (Å²) in [5.74, 6) is -1.91. The molecular formula is C37H54N4O3. The van der Waals surface area contributed by atoms with Gasteiger partial charge in [-0.1, -0.05) is 30.3 Å². The predicted octanol–water partition coefficient (Wildman–Crippen LogP) is 6.68. The number of ether oxygens (including phenoxy) is 2. The van der Waals surface area contributed by atoms with Crippen molar-refractivity contribution >= 4 is 11.4 Å². The van der Waals surface area contributed by atoms with Gasteiger partial charge in [0.05, 0.1) is 31.9 Å². The number of nitrogens with one attached hydrogen (secondary N) is 1. The molecule has 7 nitrogen and oxygen atoms in total.